The van der Waals surface area contributed by atoms with E-state index in [1.165, 1.54) is 36.0 Å². The Bertz CT molecular complexity index is 352. The van der Waals surface area contributed by atoms with Crippen molar-refractivity contribution in [2.24, 2.45) is 0 Å². The van der Waals surface area contributed by atoms with Gasteiger partial charge < -0.3 is 10.2 Å². The van der Waals surface area contributed by atoms with Gasteiger partial charge in [0.15, 0.2) is 0 Å². The molecule has 0 saturated carbocycles. The van der Waals surface area contributed by atoms with Crippen molar-refractivity contribution in [1.29, 1.82) is 0 Å². The molecule has 0 aliphatic heterocycles. The fraction of sp³-hybridized carbons (Fsp3) is 0.538. The highest BCUT2D eigenvalue weighted by Crippen LogP contribution is 2.24. The fourth-order valence-electron chi connectivity index (χ4n) is 2.08. The first-order chi connectivity index (χ1) is 7.79. The second-order valence-electron chi connectivity index (χ2n) is 4.31. The molecule has 2 nitrogen and oxygen atoms in total. The van der Waals surface area contributed by atoms with Gasteiger partial charge in [-0.3, -0.25) is 0 Å². The van der Waals surface area contributed by atoms with Crippen LogP contribution in [-0.2, 0) is 18.6 Å². The minimum absolute atomic E-state index is 0.142. The van der Waals surface area contributed by atoms with E-state index in [4.69, 9.17) is 5.11 Å². The lowest BCUT2D eigenvalue weighted by atomic mass is 10.1. The van der Waals surface area contributed by atoms with Crippen LogP contribution in [0.15, 0.2) is 18.2 Å². The van der Waals surface area contributed by atoms with Crippen molar-refractivity contribution in [2.45, 2.75) is 31.1 Å². The van der Waals surface area contributed by atoms with Crippen LogP contribution in [0.3, 0.4) is 0 Å². The summed E-state index contributed by atoms with van der Waals surface area (Å²) in [5.41, 5.74) is 4.33. The third kappa shape index (κ3) is 3.00. The lowest BCUT2D eigenvalue weighted by Gasteiger charge is -2.07. The van der Waals surface area contributed by atoms with Crippen LogP contribution in [0, 0.1) is 0 Å². The van der Waals surface area contributed by atoms with Gasteiger partial charge in [0.1, 0.15) is 0 Å². The molecule has 88 valence electrons. The topological polar surface area (TPSA) is 40.5 Å². The van der Waals surface area contributed by atoms with E-state index in [1.807, 2.05) is 0 Å². The van der Waals surface area contributed by atoms with Gasteiger partial charge in [-0.15, -0.1) is 0 Å². The highest BCUT2D eigenvalue weighted by molar-refractivity contribution is 7.98. The Morgan fingerprint density at radius 1 is 1.25 bits per heavy atom. The van der Waals surface area contributed by atoms with Gasteiger partial charge in [-0.2, -0.15) is 11.8 Å². The van der Waals surface area contributed by atoms with Gasteiger partial charge in [0, 0.05) is 11.5 Å². The molecular weight excluding hydrogens is 220 g/mol. The number of thioether (sulfide) groups is 1. The van der Waals surface area contributed by atoms with E-state index < -0.39 is 6.10 Å². The van der Waals surface area contributed by atoms with Crippen LogP contribution in [0.4, 0.5) is 0 Å². The normalized spacial score (nSPS) is 16.1. The Hall–Kier alpha value is -0.510. The number of aryl methyl sites for hydroxylation is 2. The Morgan fingerprint density at radius 3 is 2.88 bits per heavy atom. The zero-order chi connectivity index (χ0) is 11.4. The summed E-state index contributed by atoms with van der Waals surface area (Å²) in [7, 11) is 0. The smallest absolute Gasteiger partial charge is 0.0861 e. The highest BCUT2D eigenvalue weighted by atomic mass is 32.2. The first-order valence-corrected chi connectivity index (χ1v) is 6.92. The minimum atomic E-state index is -0.584. The van der Waals surface area contributed by atoms with E-state index in [-0.39, 0.29) is 6.61 Å². The molecule has 1 aromatic rings. The average molecular weight is 238 g/mol. The number of rotatable bonds is 5. The zero-order valence-corrected chi connectivity index (χ0v) is 10.2. The van der Waals surface area contributed by atoms with Crippen LogP contribution in [0.5, 0.6) is 0 Å². The van der Waals surface area contributed by atoms with Crippen molar-refractivity contribution < 1.29 is 10.2 Å². The van der Waals surface area contributed by atoms with E-state index in [9.17, 15) is 5.11 Å². The fourth-order valence-corrected chi connectivity index (χ4v) is 2.99. The van der Waals surface area contributed by atoms with Gasteiger partial charge in [-0.05, 0) is 36.0 Å². The quantitative estimate of drug-likeness (QED) is 0.821. The van der Waals surface area contributed by atoms with Gasteiger partial charge >= 0.3 is 0 Å². The molecule has 3 heteroatoms. The third-order valence-corrected chi connectivity index (χ3v) is 4.11. The van der Waals surface area contributed by atoms with E-state index >= 15 is 0 Å². The molecule has 0 bridgehead atoms. The van der Waals surface area contributed by atoms with E-state index in [0.29, 0.717) is 5.75 Å². The average Bonchev–Trinajstić information content (AvgIpc) is 2.76. The Morgan fingerprint density at radius 2 is 2.06 bits per heavy atom. The zero-order valence-electron chi connectivity index (χ0n) is 9.35. The largest absolute Gasteiger partial charge is 0.394 e. The molecular formula is C13H18O2S. The van der Waals surface area contributed by atoms with Gasteiger partial charge in [-0.25, -0.2) is 0 Å². The third-order valence-electron chi connectivity index (χ3n) is 2.95. The van der Waals surface area contributed by atoms with Crippen molar-refractivity contribution >= 4 is 11.8 Å². The van der Waals surface area contributed by atoms with E-state index in [0.717, 1.165) is 5.75 Å². The van der Waals surface area contributed by atoms with Crippen molar-refractivity contribution in [2.75, 3.05) is 12.4 Å². The molecule has 0 saturated heterocycles. The summed E-state index contributed by atoms with van der Waals surface area (Å²) in [6.45, 7) is -0.142. The molecule has 2 rings (SSSR count). The molecule has 0 spiro atoms. The Kier molecular flexibility index (Phi) is 4.27. The predicted octanol–water partition coefficient (Wildman–Crippen LogP) is 1.76. The number of hydrogen-bond donors (Lipinski definition) is 2. The van der Waals surface area contributed by atoms with Crippen LogP contribution in [0.25, 0.3) is 0 Å². The van der Waals surface area contributed by atoms with E-state index in [1.54, 1.807) is 11.8 Å². The van der Waals surface area contributed by atoms with Gasteiger partial charge in [0.25, 0.3) is 0 Å². The summed E-state index contributed by atoms with van der Waals surface area (Å²) in [5.74, 6) is 1.53. The molecule has 1 aliphatic carbocycles. The summed E-state index contributed by atoms with van der Waals surface area (Å²) >= 11 is 1.67. The molecule has 1 unspecified atom stereocenters. The monoisotopic (exact) mass is 238 g/mol. The molecule has 0 fully saturated rings. The van der Waals surface area contributed by atoms with Crippen molar-refractivity contribution in [3.05, 3.63) is 34.9 Å². The summed E-state index contributed by atoms with van der Waals surface area (Å²) in [5, 5.41) is 17.9. The molecule has 16 heavy (non-hydrogen) atoms. The van der Waals surface area contributed by atoms with Crippen LogP contribution >= 0.6 is 11.8 Å². The number of aliphatic hydroxyl groups excluding tert-OH is 2. The molecule has 0 heterocycles. The van der Waals surface area contributed by atoms with Crippen LogP contribution in [-0.4, -0.2) is 28.7 Å². The van der Waals surface area contributed by atoms with Crippen LogP contribution in [0.2, 0.25) is 0 Å². The molecule has 2 N–H and O–H groups in total. The maximum Gasteiger partial charge on any atom is 0.0861 e. The Labute approximate surface area is 101 Å². The lowest BCUT2D eigenvalue weighted by Crippen LogP contribution is -2.14. The van der Waals surface area contributed by atoms with Crippen molar-refractivity contribution in [1.82, 2.24) is 0 Å². The second kappa shape index (κ2) is 5.71. The van der Waals surface area contributed by atoms with Gasteiger partial charge in [0.2, 0.25) is 0 Å². The first-order valence-electron chi connectivity index (χ1n) is 5.77. The van der Waals surface area contributed by atoms with Crippen molar-refractivity contribution in [3.8, 4) is 0 Å². The molecule has 0 aromatic heterocycles. The lowest BCUT2D eigenvalue weighted by molar-refractivity contribution is 0.113. The first kappa shape index (κ1) is 12.0. The van der Waals surface area contributed by atoms with E-state index in [2.05, 4.69) is 18.2 Å². The van der Waals surface area contributed by atoms with Gasteiger partial charge in [0.05, 0.1) is 12.7 Å². The summed E-state index contributed by atoms with van der Waals surface area (Å²) in [4.78, 5) is 0. The molecule has 1 aromatic carbocycles. The standard InChI is InChI=1S/C13H18O2S/c14-7-13(15)9-16-8-10-4-5-11-2-1-3-12(11)6-10/h4-6,13-15H,1-3,7-9H2. The van der Waals surface area contributed by atoms with Crippen molar-refractivity contribution in [3.63, 3.8) is 0 Å². The Balaban J connectivity index is 1.86. The maximum absolute atomic E-state index is 9.22. The highest BCUT2D eigenvalue weighted by Gasteiger charge is 2.10. The predicted molar refractivity (Wildman–Crippen MR) is 67.7 cm³/mol. The maximum atomic E-state index is 9.22. The number of aliphatic hydroxyl groups is 2. The molecule has 0 radical (unpaired) electrons. The summed E-state index contributed by atoms with van der Waals surface area (Å²) in [6.07, 6.45) is 3.15. The molecule has 0 amide bonds. The molecule has 1 aliphatic rings. The SMILES string of the molecule is OCC(O)CSCc1ccc2c(c1)CCC2. The molecule has 1 atom stereocenters. The number of benzene rings is 1. The number of fused-ring (bicyclic) bond motifs is 1. The summed E-state index contributed by atoms with van der Waals surface area (Å²) in [6, 6.07) is 6.71. The second-order valence-corrected chi connectivity index (χ2v) is 5.34. The number of hydrogen-bond acceptors (Lipinski definition) is 3. The van der Waals surface area contributed by atoms with Gasteiger partial charge in [-0.1, -0.05) is 18.2 Å². The van der Waals surface area contributed by atoms with Crippen LogP contribution in [0.1, 0.15) is 23.1 Å². The van der Waals surface area contributed by atoms with Crippen LogP contribution < -0.4 is 0 Å². The summed E-state index contributed by atoms with van der Waals surface area (Å²) < 4.78 is 0. The minimum Gasteiger partial charge on any atom is -0.394 e.